The Morgan fingerprint density at radius 1 is 0.430 bits per heavy atom. The molecule has 2 aliphatic rings. The summed E-state index contributed by atoms with van der Waals surface area (Å²) in [5.74, 6) is 1.01. The van der Waals surface area contributed by atoms with E-state index < -0.39 is 60.1 Å². The Bertz CT molecular complexity index is 4810. The maximum atomic E-state index is 15.8. The van der Waals surface area contributed by atoms with Crippen molar-refractivity contribution in [3.8, 4) is 74.0 Å². The average Bonchev–Trinajstić information content (AvgIpc) is 0.841. The molecule has 0 saturated heterocycles. The minimum atomic E-state index is -5.20. The van der Waals surface area contributed by atoms with E-state index in [1.54, 1.807) is 97.9 Å². The van der Waals surface area contributed by atoms with E-state index in [0.717, 1.165) is 29.3 Å². The van der Waals surface area contributed by atoms with Crippen LogP contribution in [0.25, 0.3) is 22.3 Å². The molecule has 2 unspecified atom stereocenters. The lowest BCUT2D eigenvalue weighted by Crippen LogP contribution is -2.26. The number of ether oxygens (including phenoxy) is 4. The largest absolute Gasteiger partial charge is 0.496 e. The van der Waals surface area contributed by atoms with Gasteiger partial charge in [0.2, 0.25) is 19.7 Å². The summed E-state index contributed by atoms with van der Waals surface area (Å²) in [6, 6.07) is 55.3. The molecule has 0 spiro atoms. The van der Waals surface area contributed by atoms with Crippen molar-refractivity contribution in [3.63, 3.8) is 0 Å². The highest BCUT2D eigenvalue weighted by molar-refractivity contribution is 7.94. The van der Waals surface area contributed by atoms with Crippen LogP contribution >= 0.6 is 26.8 Å². The van der Waals surface area contributed by atoms with Crippen molar-refractivity contribution in [1.82, 2.24) is 0 Å². The first kappa shape index (κ1) is 57.9. The predicted molar refractivity (Wildman–Crippen MR) is 320 cm³/mol. The van der Waals surface area contributed by atoms with Gasteiger partial charge in [-0.2, -0.15) is 8.42 Å². The second kappa shape index (κ2) is 22.7. The molecule has 2 aliphatic heterocycles. The molecule has 0 aliphatic carbocycles. The van der Waals surface area contributed by atoms with E-state index in [9.17, 15) is 29.8 Å². The molecular weight excluding hydrogens is 1220 g/mol. The fourth-order valence-corrected chi connectivity index (χ4v) is 18.6. The zero-order valence-electron chi connectivity index (χ0n) is 44.7. The van der Waals surface area contributed by atoms with Crippen LogP contribution in [0.15, 0.2) is 248 Å². The smallest absolute Gasteiger partial charge is 0.311 e. The van der Waals surface area contributed by atoms with Gasteiger partial charge in [-0.15, -0.1) is 4.33 Å². The van der Waals surface area contributed by atoms with E-state index in [1.807, 2.05) is 24.3 Å². The number of para-hydroxylation sites is 2. The van der Waals surface area contributed by atoms with Crippen LogP contribution in [0, 0.1) is 6.92 Å². The first-order chi connectivity index (χ1) is 41.3. The van der Waals surface area contributed by atoms with Crippen LogP contribution in [0.3, 0.4) is 0 Å². The lowest BCUT2D eigenvalue weighted by atomic mass is 10.0. The Morgan fingerprint density at radius 2 is 0.849 bits per heavy atom. The molecule has 0 saturated carbocycles. The first-order valence-corrected chi connectivity index (χ1v) is 34.1. The summed E-state index contributed by atoms with van der Waals surface area (Å²) >= 11 is 0.526. The van der Waals surface area contributed by atoms with Gasteiger partial charge in [-0.3, -0.25) is 13.7 Å². The molecule has 86 heavy (non-hydrogen) atoms. The molecule has 434 valence electrons. The molecule has 2 heterocycles. The maximum Gasteiger partial charge on any atom is 0.311 e. The molecule has 2 N–H and O–H groups in total. The number of sulfone groups is 2. The third-order valence-corrected chi connectivity index (χ3v) is 24.1. The lowest BCUT2D eigenvalue weighted by Gasteiger charge is -2.30. The molecule has 0 amide bonds. The van der Waals surface area contributed by atoms with Gasteiger partial charge in [0.25, 0.3) is 10.1 Å². The van der Waals surface area contributed by atoms with Gasteiger partial charge >= 0.3 is 14.7 Å². The summed E-state index contributed by atoms with van der Waals surface area (Å²) in [5, 5.41) is 13.3. The zero-order chi connectivity index (χ0) is 60.2. The van der Waals surface area contributed by atoms with Crippen molar-refractivity contribution < 1.29 is 81.6 Å². The summed E-state index contributed by atoms with van der Waals surface area (Å²) < 4.78 is 165. The van der Waals surface area contributed by atoms with Gasteiger partial charge in [0, 0.05) is 16.0 Å². The van der Waals surface area contributed by atoms with Crippen LogP contribution in [0.1, 0.15) is 5.56 Å². The van der Waals surface area contributed by atoms with E-state index in [2.05, 4.69) is 9.37 Å². The Labute approximate surface area is 497 Å². The number of rotatable bonds is 17. The molecule has 18 nitrogen and oxygen atoms in total. The van der Waals surface area contributed by atoms with E-state index in [0.29, 0.717) is 45.5 Å². The van der Waals surface area contributed by atoms with E-state index in [-0.39, 0.29) is 70.0 Å². The van der Waals surface area contributed by atoms with Gasteiger partial charge in [0.1, 0.15) is 56.6 Å². The minimum Gasteiger partial charge on any atom is -0.496 e. The third kappa shape index (κ3) is 10.7. The van der Waals surface area contributed by atoms with Gasteiger partial charge in [0.05, 0.1) is 60.0 Å². The second-order valence-corrected chi connectivity index (χ2v) is 29.8. The van der Waals surface area contributed by atoms with Crippen molar-refractivity contribution in [2.24, 2.45) is 0 Å². The number of hydrogen-bond donors (Lipinski definition) is 2. The van der Waals surface area contributed by atoms with Crippen LogP contribution in [-0.2, 0) is 48.3 Å². The van der Waals surface area contributed by atoms with E-state index >= 15 is 9.13 Å². The number of benzene rings is 10. The van der Waals surface area contributed by atoms with Crippen LogP contribution in [0.4, 0.5) is 0 Å². The van der Waals surface area contributed by atoms with Crippen molar-refractivity contribution in [1.29, 1.82) is 0 Å². The normalized spacial score (nSPS) is 16.0. The minimum absolute atomic E-state index is 0.0400. The highest BCUT2D eigenvalue weighted by atomic mass is 32.2. The van der Waals surface area contributed by atoms with Crippen LogP contribution in [0.5, 0.6) is 51.7 Å². The molecule has 0 bridgehead atoms. The molecule has 0 radical (unpaired) electrons. The van der Waals surface area contributed by atoms with E-state index in [4.69, 9.17) is 33.3 Å². The molecule has 2 atom stereocenters. The summed E-state index contributed by atoms with van der Waals surface area (Å²) in [6.45, 7) is 1.65. The molecule has 10 aromatic carbocycles. The number of methoxy groups -OCH3 is 1. The molecular formula is C62H44O18P2S4. The highest BCUT2D eigenvalue weighted by Gasteiger charge is 2.42. The Morgan fingerprint density at radius 3 is 1.40 bits per heavy atom. The molecule has 12 rings (SSSR count). The van der Waals surface area contributed by atoms with Crippen LogP contribution in [-0.4, -0.2) is 42.2 Å². The topological polar surface area (TPSA) is 251 Å². The standard InChI is InChI=1S/C62H44O18P2S4/c1-39-19-26-46(37-61(39)83-80-79-63)85(68,69)47-31-34-56(62(38-47)86(70,71)72)76-43-25-33-55(60(36-43)82(65)58-18-10-6-14-51(58)49-12-4-8-16-53(49)78-82)75-41-22-29-45(30-23-41)84(66,67)44-27-20-40(21-28-44)74-42-24-32-54(73-2)59(35-42)81(64)57-17-9-5-13-50(57)48-11-3-7-15-52(48)77-81/h3-38,63H,1-2H3,(H,70,71,72). The summed E-state index contributed by atoms with van der Waals surface area (Å²) in [6.07, 6.45) is 0. The van der Waals surface area contributed by atoms with Crippen LogP contribution < -0.4 is 49.2 Å². The molecule has 10 aromatic rings. The Hall–Kier alpha value is -8.50. The van der Waals surface area contributed by atoms with E-state index in [1.165, 1.54) is 92.0 Å². The maximum absolute atomic E-state index is 15.8. The van der Waals surface area contributed by atoms with Gasteiger partial charge < -0.3 is 28.0 Å². The molecule has 24 heteroatoms. The van der Waals surface area contributed by atoms with Crippen molar-refractivity contribution in [3.05, 3.63) is 224 Å². The number of fused-ring (bicyclic) bond motifs is 6. The quantitative estimate of drug-likeness (QED) is 0.0282. The lowest BCUT2D eigenvalue weighted by molar-refractivity contribution is -0.432. The van der Waals surface area contributed by atoms with Gasteiger partial charge in [-0.25, -0.2) is 22.1 Å². The van der Waals surface area contributed by atoms with Gasteiger partial charge in [-0.1, -0.05) is 83.9 Å². The predicted octanol–water partition coefficient (Wildman–Crippen LogP) is 13.3. The number of aryl methyl sites for hydroxylation is 1. The molecule has 0 aromatic heterocycles. The Kier molecular flexibility index (Phi) is 15.3. The van der Waals surface area contributed by atoms with Gasteiger partial charge in [0.15, 0.2) is 0 Å². The molecule has 0 fully saturated rings. The fraction of sp³-hybridized carbons (Fsp3) is 0.0323. The van der Waals surface area contributed by atoms with Gasteiger partial charge in [-0.05, 0) is 163 Å². The third-order valence-electron chi connectivity index (χ3n) is 14.1. The number of hydrogen-bond acceptors (Lipinski definition) is 18. The summed E-state index contributed by atoms with van der Waals surface area (Å²) in [5.41, 5.74) is 3.36. The SMILES string of the molecule is COc1ccc(Oc2ccc(S(=O)(=O)c3ccc(Oc4ccc(Oc5ccc(S(=O)(=O)c6ccc(C)c(SOOO)c6)cc5S(=O)(=O)O)cc4P4(=O)Oc5ccccc5-c5ccccc54)cc3)cc2)cc1P1(=O)Oc2ccccc2-c2ccccc21. The average molecular weight is 1270 g/mol. The summed E-state index contributed by atoms with van der Waals surface area (Å²) in [7, 11) is -20.4. The van der Waals surface area contributed by atoms with Crippen molar-refractivity contribution in [2.75, 3.05) is 7.11 Å². The Balaban J connectivity index is 0.830. The second-order valence-electron chi connectivity index (χ2n) is 19.3. The fourth-order valence-electron chi connectivity index (χ4n) is 9.89. The highest BCUT2D eigenvalue weighted by Crippen LogP contribution is 2.57. The monoisotopic (exact) mass is 1270 g/mol. The van der Waals surface area contributed by atoms with Crippen molar-refractivity contribution in [2.45, 2.75) is 36.3 Å². The first-order valence-electron chi connectivity index (χ1n) is 25.7. The van der Waals surface area contributed by atoms with Crippen LogP contribution in [0.2, 0.25) is 0 Å². The zero-order valence-corrected chi connectivity index (χ0v) is 49.8. The summed E-state index contributed by atoms with van der Waals surface area (Å²) in [4.78, 5) is -1.68. The van der Waals surface area contributed by atoms with Crippen molar-refractivity contribution >= 4 is 77.8 Å².